The molecule has 0 bridgehead atoms. The lowest BCUT2D eigenvalue weighted by atomic mass is 9.41. The second-order valence-corrected chi connectivity index (χ2v) is 13.7. The fourth-order valence-corrected chi connectivity index (χ4v) is 9.92. The highest BCUT2D eigenvalue weighted by Gasteiger charge is 2.73. The van der Waals surface area contributed by atoms with Crippen molar-refractivity contribution in [2.24, 2.45) is 28.6 Å². The molecular weight excluding hydrogens is 524 g/mol. The van der Waals surface area contributed by atoms with Gasteiger partial charge in [0.15, 0.2) is 6.29 Å². The van der Waals surface area contributed by atoms with Crippen molar-refractivity contribution in [2.75, 3.05) is 13.2 Å². The Morgan fingerprint density at radius 2 is 1.75 bits per heavy atom. The molecule has 40 heavy (non-hydrogen) atoms. The van der Waals surface area contributed by atoms with E-state index >= 15 is 0 Å². The zero-order valence-electron chi connectivity index (χ0n) is 23.2. The summed E-state index contributed by atoms with van der Waals surface area (Å²) in [4.78, 5) is 11.8. The summed E-state index contributed by atoms with van der Waals surface area (Å²) in [6.07, 6.45) is -2.81. The number of carbonyl (C=O) groups is 1. The molecule has 7 N–H and O–H groups in total. The summed E-state index contributed by atoms with van der Waals surface area (Å²) in [6, 6.07) is 0. The van der Waals surface area contributed by atoms with Crippen molar-refractivity contribution in [3.63, 3.8) is 0 Å². The molecule has 4 aliphatic carbocycles. The maximum Gasteiger partial charge on any atom is 0.331 e. The number of hydrogen-bond acceptors (Lipinski definition) is 11. The molecular formula is C29H44O11. The average Bonchev–Trinajstić information content (AvgIpc) is 3.46. The Balaban J connectivity index is 1.25. The maximum absolute atomic E-state index is 12.4. The molecule has 226 valence electrons. The number of aliphatic hydroxyl groups excluding tert-OH is 5. The van der Waals surface area contributed by atoms with Gasteiger partial charge in [0.1, 0.15) is 24.9 Å². The third-order valence-electron chi connectivity index (χ3n) is 12.3. The number of fused-ring (bicyclic) bond motifs is 5. The first-order valence-electron chi connectivity index (χ1n) is 14.8. The molecule has 0 amide bonds. The Hall–Kier alpha value is -1.15. The molecule has 11 heteroatoms. The summed E-state index contributed by atoms with van der Waals surface area (Å²) in [5, 5.41) is 77.8. The minimum absolute atomic E-state index is 0.164. The Bertz CT molecular complexity index is 1050. The minimum Gasteiger partial charge on any atom is -0.458 e. The van der Waals surface area contributed by atoms with E-state index < -0.39 is 70.9 Å². The van der Waals surface area contributed by atoms with Gasteiger partial charge in [-0.2, -0.15) is 0 Å². The standard InChI is InChI=1S/C29H44O11/c1-14-22(33)23(34)24(35)25(39-14)40-16-3-6-27(13-30)19-10-20(31)26(2)17(15-9-21(32)38-12-15)5-8-29(26,37)18(19)4-7-28(27,36)11-16/h9,14,16-20,22-25,30-31,33-37H,3-8,10-13H2,1-2H3/t14?,16-,17+,18?,19?,20+,22+,23?,24?,25+,26-,27-,28-,29-/m0/s1. The molecule has 2 heterocycles. The smallest absolute Gasteiger partial charge is 0.331 e. The van der Waals surface area contributed by atoms with E-state index in [0.29, 0.717) is 44.9 Å². The lowest BCUT2D eigenvalue weighted by Crippen LogP contribution is -2.72. The molecule has 11 nitrogen and oxygen atoms in total. The second-order valence-electron chi connectivity index (χ2n) is 13.7. The van der Waals surface area contributed by atoms with E-state index in [2.05, 4.69) is 0 Å². The van der Waals surface area contributed by atoms with E-state index in [4.69, 9.17) is 14.2 Å². The van der Waals surface area contributed by atoms with Crippen LogP contribution in [-0.2, 0) is 19.0 Å². The van der Waals surface area contributed by atoms with Gasteiger partial charge in [-0.3, -0.25) is 0 Å². The van der Waals surface area contributed by atoms with Crippen LogP contribution in [0.5, 0.6) is 0 Å². The molecule has 0 radical (unpaired) electrons. The van der Waals surface area contributed by atoms with Crippen molar-refractivity contribution in [3.8, 4) is 0 Å². The summed E-state index contributed by atoms with van der Waals surface area (Å²) in [5.74, 6) is -1.19. The first kappa shape index (κ1) is 28.9. The molecule has 5 unspecified atom stereocenters. The topological polar surface area (TPSA) is 186 Å². The molecule has 0 spiro atoms. The highest BCUT2D eigenvalue weighted by Crippen LogP contribution is 2.70. The quantitative estimate of drug-likeness (QED) is 0.171. The number of carbonyl (C=O) groups excluding carboxylic acids is 1. The largest absolute Gasteiger partial charge is 0.458 e. The lowest BCUT2D eigenvalue weighted by molar-refractivity contribution is -0.325. The molecule has 5 fully saturated rings. The first-order valence-corrected chi connectivity index (χ1v) is 14.8. The monoisotopic (exact) mass is 568 g/mol. The SMILES string of the molecule is CC1O[C@H](O[C@H]2CC[C@]3(CO)C4C[C@@H](O)[C@]5(C)[C@@H](C6=CC(=O)OC6)CC[C@]5(O)C4CC[C@]3(O)C2)C(O)C(O)[C@@H]1O. The summed E-state index contributed by atoms with van der Waals surface area (Å²) in [7, 11) is 0. The molecule has 14 atom stereocenters. The Kier molecular flexibility index (Phi) is 7.01. The number of hydrogen-bond donors (Lipinski definition) is 7. The Morgan fingerprint density at radius 3 is 2.42 bits per heavy atom. The summed E-state index contributed by atoms with van der Waals surface area (Å²) in [5.41, 5.74) is -3.63. The molecule has 6 rings (SSSR count). The van der Waals surface area contributed by atoms with Crippen LogP contribution in [0, 0.1) is 28.6 Å². The van der Waals surface area contributed by atoms with E-state index in [-0.39, 0.29) is 37.4 Å². The average molecular weight is 569 g/mol. The summed E-state index contributed by atoms with van der Waals surface area (Å²) >= 11 is 0. The van der Waals surface area contributed by atoms with Crippen molar-refractivity contribution in [2.45, 2.75) is 119 Å². The number of aliphatic hydroxyl groups is 7. The van der Waals surface area contributed by atoms with Crippen LogP contribution in [0.25, 0.3) is 0 Å². The van der Waals surface area contributed by atoms with Crippen LogP contribution in [0.3, 0.4) is 0 Å². The minimum atomic E-state index is -1.45. The summed E-state index contributed by atoms with van der Waals surface area (Å²) in [6.45, 7) is 3.36. The molecule has 1 saturated heterocycles. The van der Waals surface area contributed by atoms with Gasteiger partial charge in [0, 0.05) is 23.3 Å². The Labute approximate surface area is 233 Å². The highest BCUT2D eigenvalue weighted by molar-refractivity contribution is 5.85. The van der Waals surface area contributed by atoms with Gasteiger partial charge in [-0.1, -0.05) is 6.92 Å². The molecule has 4 saturated carbocycles. The zero-order valence-corrected chi connectivity index (χ0v) is 23.2. The van der Waals surface area contributed by atoms with Crippen molar-refractivity contribution in [1.82, 2.24) is 0 Å². The van der Waals surface area contributed by atoms with E-state index in [9.17, 15) is 40.5 Å². The van der Waals surface area contributed by atoms with Gasteiger partial charge >= 0.3 is 5.97 Å². The van der Waals surface area contributed by atoms with Crippen molar-refractivity contribution < 1.29 is 54.8 Å². The van der Waals surface area contributed by atoms with E-state index in [1.165, 1.54) is 6.08 Å². The van der Waals surface area contributed by atoms with Crippen LogP contribution in [0.1, 0.15) is 65.2 Å². The zero-order chi connectivity index (χ0) is 28.8. The third kappa shape index (κ3) is 3.79. The number of cyclic esters (lactones) is 1. The van der Waals surface area contributed by atoms with E-state index in [1.807, 2.05) is 6.92 Å². The van der Waals surface area contributed by atoms with Gasteiger partial charge < -0.3 is 50.0 Å². The van der Waals surface area contributed by atoms with Crippen LogP contribution in [0.2, 0.25) is 0 Å². The normalized spacial score (nSPS) is 56.1. The fourth-order valence-electron chi connectivity index (χ4n) is 9.92. The predicted octanol–water partition coefficient (Wildman–Crippen LogP) is -0.486. The molecule has 0 aromatic carbocycles. The molecule has 6 aliphatic rings. The number of ether oxygens (including phenoxy) is 3. The highest BCUT2D eigenvalue weighted by atomic mass is 16.7. The van der Waals surface area contributed by atoms with Crippen LogP contribution >= 0.6 is 0 Å². The van der Waals surface area contributed by atoms with Gasteiger partial charge in [0.05, 0.1) is 36.1 Å². The van der Waals surface area contributed by atoms with Gasteiger partial charge in [0.25, 0.3) is 0 Å². The summed E-state index contributed by atoms with van der Waals surface area (Å²) < 4.78 is 16.8. The van der Waals surface area contributed by atoms with Gasteiger partial charge in [-0.25, -0.2) is 4.79 Å². The molecule has 2 aliphatic heterocycles. The van der Waals surface area contributed by atoms with E-state index in [0.717, 1.165) is 5.57 Å². The van der Waals surface area contributed by atoms with Gasteiger partial charge in [0.2, 0.25) is 0 Å². The van der Waals surface area contributed by atoms with Crippen molar-refractivity contribution in [1.29, 1.82) is 0 Å². The van der Waals surface area contributed by atoms with Crippen molar-refractivity contribution >= 4 is 5.97 Å². The molecule has 0 aromatic heterocycles. The van der Waals surface area contributed by atoms with Crippen LogP contribution in [0.4, 0.5) is 0 Å². The maximum atomic E-state index is 12.4. The number of esters is 1. The van der Waals surface area contributed by atoms with Crippen LogP contribution in [0.15, 0.2) is 11.6 Å². The number of rotatable bonds is 4. The Morgan fingerprint density at radius 1 is 1.00 bits per heavy atom. The molecule has 0 aromatic rings. The fraction of sp³-hybridized carbons (Fsp3) is 0.897. The second kappa shape index (κ2) is 9.68. The third-order valence-corrected chi connectivity index (χ3v) is 12.3. The first-order chi connectivity index (χ1) is 18.8. The van der Waals surface area contributed by atoms with Crippen LogP contribution < -0.4 is 0 Å². The van der Waals surface area contributed by atoms with Crippen LogP contribution in [-0.4, -0.2) is 109 Å². The van der Waals surface area contributed by atoms with Gasteiger partial charge in [-0.15, -0.1) is 0 Å². The predicted molar refractivity (Wildman–Crippen MR) is 137 cm³/mol. The lowest BCUT2D eigenvalue weighted by Gasteiger charge is -2.67. The van der Waals surface area contributed by atoms with Gasteiger partial charge in [-0.05, 0) is 75.2 Å². The van der Waals surface area contributed by atoms with E-state index in [1.54, 1.807) is 6.92 Å². The van der Waals surface area contributed by atoms with Crippen molar-refractivity contribution in [3.05, 3.63) is 11.6 Å².